The Morgan fingerprint density at radius 1 is 0.442 bits per heavy atom. The second kappa shape index (κ2) is 15.7. The Labute approximate surface area is 253 Å². The van der Waals surface area contributed by atoms with Crippen LogP contribution in [-0.2, 0) is 45.4 Å². The number of aliphatic hydroxyl groups excluding tert-OH is 1. The molecule has 5 rings (SSSR count). The van der Waals surface area contributed by atoms with E-state index in [0.717, 1.165) is 33.8 Å². The third kappa shape index (κ3) is 8.22. The summed E-state index contributed by atoms with van der Waals surface area (Å²) in [6, 6.07) is 35.6. The highest BCUT2D eigenvalue weighted by Crippen LogP contribution is 2.38. The van der Waals surface area contributed by atoms with E-state index < -0.39 is 24.4 Å². The lowest BCUT2D eigenvalue weighted by Gasteiger charge is -2.27. The van der Waals surface area contributed by atoms with E-state index in [1.807, 2.05) is 109 Å². The Morgan fingerprint density at radius 2 is 0.767 bits per heavy atom. The van der Waals surface area contributed by atoms with E-state index in [1.165, 1.54) is 0 Å². The standard InChI is InChI=1S/C36H40O7/c1-38-30-17-13-28(14-18-30)24-41-34-32(21-37)33(40-22-26-9-5-3-6-10-26)35(42-23-27-11-7-4-8-12-27)36(34)43-25-29-15-19-31(39-2)20-16-29/h3-20,32-37H,21-25H2,1-2H3/t32-,33+,34+,35-,36-/m0/s1. The average molecular weight is 585 g/mol. The Hall–Kier alpha value is -3.72. The fourth-order valence-corrected chi connectivity index (χ4v) is 5.43. The van der Waals surface area contributed by atoms with Crippen LogP contribution in [0.15, 0.2) is 109 Å². The molecular weight excluding hydrogens is 544 g/mol. The van der Waals surface area contributed by atoms with E-state index in [4.69, 9.17) is 28.4 Å². The second-order valence-corrected chi connectivity index (χ2v) is 10.6. The highest BCUT2D eigenvalue weighted by atomic mass is 16.6. The fraction of sp³-hybridized carbons (Fsp3) is 0.333. The van der Waals surface area contributed by atoms with Crippen molar-refractivity contribution in [2.75, 3.05) is 20.8 Å². The Morgan fingerprint density at radius 3 is 1.09 bits per heavy atom. The van der Waals surface area contributed by atoms with Crippen molar-refractivity contribution in [1.29, 1.82) is 0 Å². The first-order valence-electron chi connectivity index (χ1n) is 14.6. The zero-order valence-corrected chi connectivity index (χ0v) is 24.7. The molecule has 1 fully saturated rings. The number of aliphatic hydroxyl groups is 1. The zero-order valence-electron chi connectivity index (χ0n) is 24.7. The van der Waals surface area contributed by atoms with E-state index in [2.05, 4.69) is 0 Å². The first kappa shape index (κ1) is 30.7. The molecule has 0 amide bonds. The van der Waals surface area contributed by atoms with E-state index in [1.54, 1.807) is 14.2 Å². The number of methoxy groups -OCH3 is 2. The fourth-order valence-electron chi connectivity index (χ4n) is 5.43. The van der Waals surface area contributed by atoms with E-state index in [0.29, 0.717) is 26.4 Å². The van der Waals surface area contributed by atoms with Gasteiger partial charge in [0.25, 0.3) is 0 Å². The van der Waals surface area contributed by atoms with Crippen molar-refractivity contribution in [3.8, 4) is 11.5 Å². The molecule has 0 heterocycles. The van der Waals surface area contributed by atoms with Crippen LogP contribution >= 0.6 is 0 Å². The summed E-state index contributed by atoms with van der Waals surface area (Å²) < 4.78 is 36.9. The van der Waals surface area contributed by atoms with Crippen LogP contribution in [0.25, 0.3) is 0 Å². The summed E-state index contributed by atoms with van der Waals surface area (Å²) in [6.07, 6.45) is -1.93. The third-order valence-corrected chi connectivity index (χ3v) is 7.80. The monoisotopic (exact) mass is 584 g/mol. The molecule has 0 saturated heterocycles. The van der Waals surface area contributed by atoms with Gasteiger partial charge in [-0.1, -0.05) is 84.9 Å². The van der Waals surface area contributed by atoms with Gasteiger partial charge in [-0.25, -0.2) is 0 Å². The lowest BCUT2D eigenvalue weighted by atomic mass is 10.0. The lowest BCUT2D eigenvalue weighted by Crippen LogP contribution is -2.39. The molecule has 0 aliphatic heterocycles. The largest absolute Gasteiger partial charge is 0.497 e. The number of hydrogen-bond acceptors (Lipinski definition) is 7. The van der Waals surface area contributed by atoms with Crippen molar-refractivity contribution in [1.82, 2.24) is 0 Å². The van der Waals surface area contributed by atoms with Crippen molar-refractivity contribution in [3.05, 3.63) is 131 Å². The summed E-state index contributed by atoms with van der Waals surface area (Å²) in [4.78, 5) is 0. The SMILES string of the molecule is COc1ccc(CO[C@@H]2[C@@H](OCc3ccccc3)[C@H](OCc3ccccc3)[C@H](CO)[C@H]2OCc2ccc(OC)cc2)cc1. The van der Waals surface area contributed by atoms with Crippen LogP contribution in [-0.4, -0.2) is 50.3 Å². The van der Waals surface area contributed by atoms with Gasteiger partial charge in [-0.2, -0.15) is 0 Å². The molecule has 0 unspecified atom stereocenters. The minimum atomic E-state index is -0.498. The Balaban J connectivity index is 1.41. The van der Waals surface area contributed by atoms with Crippen molar-refractivity contribution < 1.29 is 33.5 Å². The van der Waals surface area contributed by atoms with Gasteiger partial charge >= 0.3 is 0 Å². The van der Waals surface area contributed by atoms with E-state index in [-0.39, 0.29) is 12.5 Å². The van der Waals surface area contributed by atoms with Crippen LogP contribution in [0.5, 0.6) is 11.5 Å². The highest BCUT2D eigenvalue weighted by Gasteiger charge is 2.53. The molecule has 7 heteroatoms. The van der Waals surface area contributed by atoms with Gasteiger partial charge in [0.1, 0.15) is 23.7 Å². The quantitative estimate of drug-likeness (QED) is 0.185. The minimum absolute atomic E-state index is 0.139. The first-order valence-corrected chi connectivity index (χ1v) is 14.6. The van der Waals surface area contributed by atoms with Gasteiger partial charge in [-0.15, -0.1) is 0 Å². The summed E-state index contributed by atoms with van der Waals surface area (Å²) in [5.41, 5.74) is 4.06. The molecule has 0 spiro atoms. The van der Waals surface area contributed by atoms with Crippen molar-refractivity contribution in [3.63, 3.8) is 0 Å². The van der Waals surface area contributed by atoms with Crippen LogP contribution in [0, 0.1) is 5.92 Å². The molecule has 0 radical (unpaired) electrons. The maximum Gasteiger partial charge on any atom is 0.118 e. The maximum absolute atomic E-state index is 10.7. The smallest absolute Gasteiger partial charge is 0.118 e. The maximum atomic E-state index is 10.7. The lowest BCUT2D eigenvalue weighted by molar-refractivity contribution is -0.141. The minimum Gasteiger partial charge on any atom is -0.497 e. The molecule has 0 bridgehead atoms. The molecule has 1 saturated carbocycles. The molecule has 4 aromatic rings. The molecule has 1 N–H and O–H groups in total. The molecule has 7 nitrogen and oxygen atoms in total. The third-order valence-electron chi connectivity index (χ3n) is 7.80. The molecule has 226 valence electrons. The summed E-state index contributed by atoms with van der Waals surface area (Å²) >= 11 is 0. The van der Waals surface area contributed by atoms with Gasteiger partial charge in [0.2, 0.25) is 0 Å². The normalized spacial score (nSPS) is 21.5. The number of benzene rings is 4. The average Bonchev–Trinajstić information content (AvgIpc) is 3.36. The molecule has 1 aliphatic carbocycles. The molecule has 5 atom stereocenters. The second-order valence-electron chi connectivity index (χ2n) is 10.6. The van der Waals surface area contributed by atoms with Crippen LogP contribution in [0.3, 0.4) is 0 Å². The van der Waals surface area contributed by atoms with E-state index in [9.17, 15) is 5.11 Å². The van der Waals surface area contributed by atoms with Crippen LogP contribution in [0.1, 0.15) is 22.3 Å². The molecular formula is C36H40O7. The number of rotatable bonds is 15. The Bertz CT molecular complexity index is 1350. The predicted molar refractivity (Wildman–Crippen MR) is 164 cm³/mol. The van der Waals surface area contributed by atoms with Gasteiger partial charge in [0.15, 0.2) is 0 Å². The molecule has 4 aromatic carbocycles. The Kier molecular flexibility index (Phi) is 11.2. The van der Waals surface area contributed by atoms with Crippen LogP contribution in [0.2, 0.25) is 0 Å². The number of ether oxygens (including phenoxy) is 6. The van der Waals surface area contributed by atoms with Crippen LogP contribution in [0.4, 0.5) is 0 Å². The molecule has 0 aromatic heterocycles. The van der Waals surface area contributed by atoms with Gasteiger partial charge < -0.3 is 33.5 Å². The van der Waals surface area contributed by atoms with Crippen molar-refractivity contribution in [2.24, 2.45) is 5.92 Å². The van der Waals surface area contributed by atoms with Gasteiger partial charge in [0, 0.05) is 5.92 Å². The molecule has 1 aliphatic rings. The van der Waals surface area contributed by atoms with Crippen molar-refractivity contribution >= 4 is 0 Å². The topological polar surface area (TPSA) is 75.6 Å². The molecule has 43 heavy (non-hydrogen) atoms. The van der Waals surface area contributed by atoms with E-state index >= 15 is 0 Å². The summed E-state index contributed by atoms with van der Waals surface area (Å²) in [6.45, 7) is 1.29. The van der Waals surface area contributed by atoms with Gasteiger partial charge in [0.05, 0.1) is 59.5 Å². The predicted octanol–water partition coefficient (Wildman–Crippen LogP) is 5.97. The summed E-state index contributed by atoms with van der Waals surface area (Å²) in [7, 11) is 3.29. The van der Waals surface area contributed by atoms with Gasteiger partial charge in [-0.05, 0) is 46.5 Å². The summed E-state index contributed by atoms with van der Waals surface area (Å²) in [5, 5.41) is 10.7. The summed E-state index contributed by atoms with van der Waals surface area (Å²) in [5.74, 6) is 1.19. The number of hydrogen-bond donors (Lipinski definition) is 1. The van der Waals surface area contributed by atoms with Gasteiger partial charge in [-0.3, -0.25) is 0 Å². The zero-order chi connectivity index (χ0) is 29.9. The highest BCUT2D eigenvalue weighted by molar-refractivity contribution is 5.28. The first-order chi connectivity index (χ1) is 21.2. The van der Waals surface area contributed by atoms with Crippen LogP contribution < -0.4 is 9.47 Å². The van der Waals surface area contributed by atoms with Crippen molar-refractivity contribution in [2.45, 2.75) is 50.8 Å².